The normalized spacial score (nSPS) is 12.6. The lowest BCUT2D eigenvalue weighted by Crippen LogP contribution is -2.42. The van der Waals surface area contributed by atoms with Crippen molar-refractivity contribution in [1.29, 1.82) is 5.26 Å². The van der Waals surface area contributed by atoms with Gasteiger partial charge in [-0.05, 0) is 38.5 Å². The lowest BCUT2D eigenvalue weighted by Gasteiger charge is -2.25. The first-order valence-corrected chi connectivity index (χ1v) is 6.36. The maximum absolute atomic E-state index is 11.7. The molecule has 0 fully saturated rings. The van der Waals surface area contributed by atoms with Gasteiger partial charge in [0.1, 0.15) is 0 Å². The van der Waals surface area contributed by atoms with E-state index in [-0.39, 0.29) is 11.9 Å². The molecule has 1 amide bonds. The number of hydrogen-bond donors (Lipinski definition) is 2. The standard InChI is InChI=1S/C15H21N3O/c1-11(13-7-5-6-12(8-13)9-16)18-10-15(2,3)14(19)17-4/h5-8,11,18H,10H2,1-4H3,(H,17,19)/t11-/m0/s1. The Kier molecular flexibility index (Phi) is 5.08. The SMILES string of the molecule is CNC(=O)C(C)(C)CN[C@@H](C)c1cccc(C#N)c1. The van der Waals surface area contributed by atoms with Crippen LogP contribution in [-0.2, 0) is 4.79 Å². The van der Waals surface area contributed by atoms with Gasteiger partial charge in [0, 0.05) is 19.6 Å². The fourth-order valence-corrected chi connectivity index (χ4v) is 1.82. The molecular formula is C15H21N3O. The average molecular weight is 259 g/mol. The quantitative estimate of drug-likeness (QED) is 0.849. The number of carbonyl (C=O) groups excluding carboxylic acids is 1. The van der Waals surface area contributed by atoms with Crippen molar-refractivity contribution < 1.29 is 4.79 Å². The number of nitrogens with one attached hydrogen (secondary N) is 2. The summed E-state index contributed by atoms with van der Waals surface area (Å²) in [4.78, 5) is 11.7. The largest absolute Gasteiger partial charge is 0.359 e. The summed E-state index contributed by atoms with van der Waals surface area (Å²) in [6.07, 6.45) is 0. The Balaban J connectivity index is 2.68. The van der Waals surface area contributed by atoms with Crippen LogP contribution >= 0.6 is 0 Å². The van der Waals surface area contributed by atoms with Gasteiger partial charge in [-0.25, -0.2) is 0 Å². The van der Waals surface area contributed by atoms with E-state index in [1.807, 2.05) is 39.0 Å². The van der Waals surface area contributed by atoms with E-state index in [0.29, 0.717) is 12.1 Å². The molecule has 1 rings (SSSR count). The maximum atomic E-state index is 11.7. The third-order valence-electron chi connectivity index (χ3n) is 3.21. The number of rotatable bonds is 5. The van der Waals surface area contributed by atoms with Gasteiger partial charge in [0.15, 0.2) is 0 Å². The smallest absolute Gasteiger partial charge is 0.226 e. The van der Waals surface area contributed by atoms with E-state index in [1.54, 1.807) is 13.1 Å². The van der Waals surface area contributed by atoms with Crippen LogP contribution in [0.25, 0.3) is 0 Å². The molecule has 1 aromatic carbocycles. The zero-order valence-electron chi connectivity index (χ0n) is 11.9. The molecule has 4 nitrogen and oxygen atoms in total. The van der Waals surface area contributed by atoms with Crippen LogP contribution in [0.3, 0.4) is 0 Å². The molecule has 0 bridgehead atoms. The Morgan fingerprint density at radius 3 is 2.74 bits per heavy atom. The number of benzene rings is 1. The molecule has 0 aliphatic heterocycles. The molecule has 0 aliphatic carbocycles. The highest BCUT2D eigenvalue weighted by molar-refractivity contribution is 5.81. The fraction of sp³-hybridized carbons (Fsp3) is 0.467. The van der Waals surface area contributed by atoms with Crippen molar-refractivity contribution in [1.82, 2.24) is 10.6 Å². The highest BCUT2D eigenvalue weighted by Crippen LogP contribution is 2.18. The van der Waals surface area contributed by atoms with Gasteiger partial charge in [0.25, 0.3) is 0 Å². The van der Waals surface area contributed by atoms with E-state index < -0.39 is 5.41 Å². The first-order valence-electron chi connectivity index (χ1n) is 6.36. The fourth-order valence-electron chi connectivity index (χ4n) is 1.82. The maximum Gasteiger partial charge on any atom is 0.226 e. The summed E-state index contributed by atoms with van der Waals surface area (Å²) in [5, 5.41) is 14.9. The van der Waals surface area contributed by atoms with Crippen molar-refractivity contribution in [3.05, 3.63) is 35.4 Å². The molecule has 102 valence electrons. The van der Waals surface area contributed by atoms with Gasteiger partial charge >= 0.3 is 0 Å². The van der Waals surface area contributed by atoms with Gasteiger partial charge in [0.05, 0.1) is 17.0 Å². The second-order valence-corrected chi connectivity index (χ2v) is 5.30. The van der Waals surface area contributed by atoms with Crippen LogP contribution in [0.2, 0.25) is 0 Å². The molecule has 0 aliphatic rings. The Bertz CT molecular complexity index is 488. The molecule has 0 saturated carbocycles. The van der Waals surface area contributed by atoms with E-state index in [1.165, 1.54) is 0 Å². The van der Waals surface area contributed by atoms with Gasteiger partial charge in [0.2, 0.25) is 5.91 Å². The zero-order valence-corrected chi connectivity index (χ0v) is 11.9. The summed E-state index contributed by atoms with van der Waals surface area (Å²) in [6.45, 7) is 6.40. The molecule has 1 aromatic rings. The van der Waals surface area contributed by atoms with Crippen molar-refractivity contribution in [2.75, 3.05) is 13.6 Å². The van der Waals surface area contributed by atoms with Crippen LogP contribution in [0.4, 0.5) is 0 Å². The Hall–Kier alpha value is -1.86. The first kappa shape index (κ1) is 15.2. The van der Waals surface area contributed by atoms with Gasteiger partial charge in [-0.1, -0.05) is 12.1 Å². The number of hydrogen-bond acceptors (Lipinski definition) is 3. The first-order chi connectivity index (χ1) is 8.90. The Labute approximate surface area is 114 Å². The van der Waals surface area contributed by atoms with Gasteiger partial charge in [-0.15, -0.1) is 0 Å². The van der Waals surface area contributed by atoms with E-state index in [2.05, 4.69) is 16.7 Å². The minimum absolute atomic E-state index is 0.0120. The average Bonchev–Trinajstić information content (AvgIpc) is 2.43. The summed E-state index contributed by atoms with van der Waals surface area (Å²) < 4.78 is 0. The zero-order chi connectivity index (χ0) is 14.5. The molecule has 4 heteroatoms. The van der Waals surface area contributed by atoms with E-state index in [9.17, 15) is 4.79 Å². The van der Waals surface area contributed by atoms with Crippen molar-refractivity contribution in [3.63, 3.8) is 0 Å². The molecule has 2 N–H and O–H groups in total. The molecule has 0 spiro atoms. The summed E-state index contributed by atoms with van der Waals surface area (Å²) in [6, 6.07) is 9.72. The number of nitriles is 1. The second kappa shape index (κ2) is 6.35. The minimum Gasteiger partial charge on any atom is -0.359 e. The third kappa shape index (κ3) is 4.08. The van der Waals surface area contributed by atoms with E-state index >= 15 is 0 Å². The van der Waals surface area contributed by atoms with Gasteiger partial charge in [-0.3, -0.25) is 4.79 Å². The van der Waals surface area contributed by atoms with Crippen LogP contribution in [0.1, 0.15) is 37.9 Å². The Morgan fingerprint density at radius 1 is 1.47 bits per heavy atom. The molecule has 1 atom stereocenters. The second-order valence-electron chi connectivity index (χ2n) is 5.30. The predicted octanol–water partition coefficient (Wildman–Crippen LogP) is 1.98. The molecule has 0 aromatic heterocycles. The molecule has 0 saturated heterocycles. The van der Waals surface area contributed by atoms with Gasteiger partial charge in [-0.2, -0.15) is 5.26 Å². The highest BCUT2D eigenvalue weighted by Gasteiger charge is 2.26. The molecule has 0 radical (unpaired) electrons. The van der Waals surface area contributed by atoms with Crippen molar-refractivity contribution in [3.8, 4) is 6.07 Å². The van der Waals surface area contributed by atoms with Crippen molar-refractivity contribution in [2.24, 2.45) is 5.41 Å². The monoisotopic (exact) mass is 259 g/mol. The summed E-state index contributed by atoms with van der Waals surface area (Å²) >= 11 is 0. The van der Waals surface area contributed by atoms with E-state index in [0.717, 1.165) is 5.56 Å². The number of carbonyl (C=O) groups is 1. The predicted molar refractivity (Wildman–Crippen MR) is 75.4 cm³/mol. The Morgan fingerprint density at radius 2 is 2.16 bits per heavy atom. The molecule has 0 heterocycles. The highest BCUT2D eigenvalue weighted by atomic mass is 16.2. The summed E-state index contributed by atoms with van der Waals surface area (Å²) in [7, 11) is 1.64. The summed E-state index contributed by atoms with van der Waals surface area (Å²) in [5.41, 5.74) is 1.24. The van der Waals surface area contributed by atoms with Crippen LogP contribution in [0.5, 0.6) is 0 Å². The van der Waals surface area contributed by atoms with Crippen molar-refractivity contribution in [2.45, 2.75) is 26.8 Å². The van der Waals surface area contributed by atoms with Crippen LogP contribution in [-0.4, -0.2) is 19.5 Å². The topological polar surface area (TPSA) is 64.9 Å². The summed E-state index contributed by atoms with van der Waals surface area (Å²) in [5.74, 6) is 0.0120. The van der Waals surface area contributed by atoms with Crippen LogP contribution in [0.15, 0.2) is 24.3 Å². The molecule has 0 unspecified atom stereocenters. The lowest BCUT2D eigenvalue weighted by atomic mass is 9.91. The van der Waals surface area contributed by atoms with Crippen molar-refractivity contribution >= 4 is 5.91 Å². The molecule has 19 heavy (non-hydrogen) atoms. The van der Waals surface area contributed by atoms with Gasteiger partial charge < -0.3 is 10.6 Å². The molecular weight excluding hydrogens is 238 g/mol. The van der Waals surface area contributed by atoms with Crippen LogP contribution < -0.4 is 10.6 Å². The number of amides is 1. The number of nitrogens with zero attached hydrogens (tertiary/aromatic N) is 1. The van der Waals surface area contributed by atoms with E-state index in [4.69, 9.17) is 5.26 Å². The van der Waals surface area contributed by atoms with Crippen LogP contribution in [0, 0.1) is 16.7 Å². The minimum atomic E-state index is -0.462. The third-order valence-corrected chi connectivity index (χ3v) is 3.21. The lowest BCUT2D eigenvalue weighted by molar-refractivity contribution is -0.128.